The highest BCUT2D eigenvalue weighted by Gasteiger charge is 2.22. The second kappa shape index (κ2) is 6.49. The number of likely N-dealkylation sites (N-methyl/N-ethyl adjacent to an activating group) is 1. The lowest BCUT2D eigenvalue weighted by Gasteiger charge is -2.19. The Hall–Kier alpha value is -1.21. The standard InChI is InChI=1S/C13H15BrF2N2O2/c1-18-4-2-3-8(18)7-20-13(19)17-12-6-11(16)10(15)5-9(12)14/h5-6,8H,2-4,7H2,1H3,(H,17,19)/t8-/m0/s1. The molecule has 1 heterocycles. The van der Waals surface area contributed by atoms with Crippen LogP contribution in [0.25, 0.3) is 0 Å². The van der Waals surface area contributed by atoms with E-state index in [1.54, 1.807) is 0 Å². The molecular formula is C13H15BrF2N2O2. The molecule has 1 fully saturated rings. The van der Waals surface area contributed by atoms with E-state index in [2.05, 4.69) is 26.1 Å². The number of amides is 1. The minimum Gasteiger partial charge on any atom is -0.448 e. The van der Waals surface area contributed by atoms with Crippen molar-refractivity contribution in [2.24, 2.45) is 0 Å². The maximum absolute atomic E-state index is 13.1. The van der Waals surface area contributed by atoms with Gasteiger partial charge in [0.2, 0.25) is 0 Å². The summed E-state index contributed by atoms with van der Waals surface area (Å²) in [5, 5.41) is 2.38. The monoisotopic (exact) mass is 348 g/mol. The molecule has 1 saturated heterocycles. The number of benzene rings is 1. The summed E-state index contributed by atoms with van der Waals surface area (Å²) in [7, 11) is 1.98. The zero-order valence-corrected chi connectivity index (χ0v) is 12.5. The summed E-state index contributed by atoms with van der Waals surface area (Å²) in [5.74, 6) is -2.01. The van der Waals surface area contributed by atoms with Gasteiger partial charge >= 0.3 is 6.09 Å². The lowest BCUT2D eigenvalue weighted by atomic mass is 10.2. The number of likely N-dealkylation sites (tertiary alicyclic amines) is 1. The van der Waals surface area contributed by atoms with Crippen molar-refractivity contribution >= 4 is 27.7 Å². The molecule has 1 aromatic carbocycles. The number of ether oxygens (including phenoxy) is 1. The van der Waals surface area contributed by atoms with Crippen LogP contribution >= 0.6 is 15.9 Å². The summed E-state index contributed by atoms with van der Waals surface area (Å²) >= 11 is 3.05. The zero-order valence-electron chi connectivity index (χ0n) is 11.0. The number of nitrogens with zero attached hydrogens (tertiary/aromatic N) is 1. The highest BCUT2D eigenvalue weighted by atomic mass is 79.9. The topological polar surface area (TPSA) is 41.6 Å². The van der Waals surface area contributed by atoms with E-state index in [1.165, 1.54) is 0 Å². The molecule has 1 amide bonds. The molecule has 4 nitrogen and oxygen atoms in total. The fraction of sp³-hybridized carbons (Fsp3) is 0.462. The highest BCUT2D eigenvalue weighted by molar-refractivity contribution is 9.10. The van der Waals surface area contributed by atoms with E-state index in [0.29, 0.717) is 0 Å². The first-order valence-corrected chi connectivity index (χ1v) is 7.05. The quantitative estimate of drug-likeness (QED) is 0.851. The van der Waals surface area contributed by atoms with Crippen LogP contribution in [-0.2, 0) is 4.74 Å². The normalized spacial score (nSPS) is 19.1. The van der Waals surface area contributed by atoms with Gasteiger partial charge in [-0.1, -0.05) is 0 Å². The molecule has 1 aliphatic heterocycles. The number of anilines is 1. The average molecular weight is 349 g/mol. The first kappa shape index (κ1) is 15.2. The molecule has 0 bridgehead atoms. The molecule has 20 heavy (non-hydrogen) atoms. The number of nitrogens with one attached hydrogen (secondary N) is 1. The summed E-state index contributed by atoms with van der Waals surface area (Å²) < 4.78 is 31.4. The largest absolute Gasteiger partial charge is 0.448 e. The first-order chi connectivity index (χ1) is 9.47. The third kappa shape index (κ3) is 3.67. The highest BCUT2D eigenvalue weighted by Crippen LogP contribution is 2.25. The van der Waals surface area contributed by atoms with Crippen LogP contribution < -0.4 is 5.32 Å². The lowest BCUT2D eigenvalue weighted by molar-refractivity contribution is 0.127. The van der Waals surface area contributed by atoms with Crippen LogP contribution in [0.5, 0.6) is 0 Å². The van der Waals surface area contributed by atoms with Gasteiger partial charge in [-0.15, -0.1) is 0 Å². The molecule has 0 spiro atoms. The summed E-state index contributed by atoms with van der Waals surface area (Å²) in [4.78, 5) is 13.8. The van der Waals surface area contributed by atoms with E-state index >= 15 is 0 Å². The Morgan fingerprint density at radius 3 is 2.85 bits per heavy atom. The molecule has 110 valence electrons. The summed E-state index contributed by atoms with van der Waals surface area (Å²) in [6.45, 7) is 1.27. The maximum Gasteiger partial charge on any atom is 0.411 e. The maximum atomic E-state index is 13.1. The van der Waals surface area contributed by atoms with E-state index in [9.17, 15) is 13.6 Å². The average Bonchev–Trinajstić information content (AvgIpc) is 2.79. The van der Waals surface area contributed by atoms with Gasteiger partial charge in [-0.2, -0.15) is 0 Å². The lowest BCUT2D eigenvalue weighted by Crippen LogP contribution is -2.31. The van der Waals surface area contributed by atoms with Crippen molar-refractivity contribution in [1.82, 2.24) is 4.90 Å². The molecule has 0 unspecified atom stereocenters. The van der Waals surface area contributed by atoms with Crippen molar-refractivity contribution < 1.29 is 18.3 Å². The van der Waals surface area contributed by atoms with Crippen molar-refractivity contribution in [1.29, 1.82) is 0 Å². The van der Waals surface area contributed by atoms with Crippen LogP contribution in [0, 0.1) is 11.6 Å². The molecule has 2 rings (SSSR count). The summed E-state index contributed by atoms with van der Waals surface area (Å²) in [6.07, 6.45) is 1.39. The van der Waals surface area contributed by atoms with Gasteiger partial charge in [0.05, 0.1) is 5.69 Å². The van der Waals surface area contributed by atoms with Gasteiger partial charge in [-0.25, -0.2) is 13.6 Å². The Morgan fingerprint density at radius 2 is 2.20 bits per heavy atom. The van der Waals surface area contributed by atoms with E-state index in [-0.39, 0.29) is 22.8 Å². The van der Waals surface area contributed by atoms with Gasteiger partial charge in [-0.3, -0.25) is 5.32 Å². The van der Waals surface area contributed by atoms with E-state index < -0.39 is 17.7 Å². The number of carbonyl (C=O) groups is 1. The third-order valence-electron chi connectivity index (χ3n) is 3.33. The van der Waals surface area contributed by atoms with Crippen LogP contribution in [0.1, 0.15) is 12.8 Å². The number of carbonyl (C=O) groups excluding carboxylic acids is 1. The molecule has 7 heteroatoms. The molecule has 1 N–H and O–H groups in total. The van der Waals surface area contributed by atoms with Crippen LogP contribution in [-0.4, -0.2) is 37.2 Å². The van der Waals surface area contributed by atoms with Crippen molar-refractivity contribution in [3.05, 3.63) is 28.2 Å². The molecule has 1 aromatic rings. The smallest absolute Gasteiger partial charge is 0.411 e. The van der Waals surface area contributed by atoms with Crippen LogP contribution in [0.2, 0.25) is 0 Å². The van der Waals surface area contributed by atoms with Gasteiger partial charge in [0.15, 0.2) is 11.6 Å². The molecule has 0 radical (unpaired) electrons. The number of rotatable bonds is 3. The molecular weight excluding hydrogens is 334 g/mol. The second-order valence-electron chi connectivity index (χ2n) is 4.75. The van der Waals surface area contributed by atoms with E-state index in [1.807, 2.05) is 7.05 Å². The fourth-order valence-electron chi connectivity index (χ4n) is 2.13. The van der Waals surface area contributed by atoms with Crippen LogP contribution in [0.4, 0.5) is 19.3 Å². The van der Waals surface area contributed by atoms with Crippen LogP contribution in [0.15, 0.2) is 16.6 Å². The Labute approximate surface area is 124 Å². The van der Waals surface area contributed by atoms with Gasteiger partial charge in [0, 0.05) is 16.6 Å². The fourth-order valence-corrected chi connectivity index (χ4v) is 2.54. The van der Waals surface area contributed by atoms with Gasteiger partial charge in [0.1, 0.15) is 6.61 Å². The third-order valence-corrected chi connectivity index (χ3v) is 3.98. The van der Waals surface area contributed by atoms with E-state index in [4.69, 9.17) is 4.74 Å². The SMILES string of the molecule is CN1CCC[C@H]1COC(=O)Nc1cc(F)c(F)cc1Br. The number of halogens is 3. The van der Waals surface area contributed by atoms with Crippen molar-refractivity contribution in [2.45, 2.75) is 18.9 Å². The summed E-state index contributed by atoms with van der Waals surface area (Å²) in [5.41, 5.74) is 0.133. The molecule has 1 aliphatic rings. The van der Waals surface area contributed by atoms with Crippen molar-refractivity contribution in [3.8, 4) is 0 Å². The number of hydrogen-bond acceptors (Lipinski definition) is 3. The molecule has 1 atom stereocenters. The minimum atomic E-state index is -1.03. The zero-order chi connectivity index (χ0) is 14.7. The first-order valence-electron chi connectivity index (χ1n) is 6.26. The predicted octanol–water partition coefficient (Wildman–Crippen LogP) is 3.37. The number of hydrogen-bond donors (Lipinski definition) is 1. The Kier molecular flexibility index (Phi) is 4.93. The van der Waals surface area contributed by atoms with Crippen LogP contribution in [0.3, 0.4) is 0 Å². The van der Waals surface area contributed by atoms with Gasteiger partial charge in [0.25, 0.3) is 0 Å². The van der Waals surface area contributed by atoms with Gasteiger partial charge < -0.3 is 9.64 Å². The van der Waals surface area contributed by atoms with Crippen molar-refractivity contribution in [2.75, 3.05) is 25.5 Å². The molecule has 0 aromatic heterocycles. The Morgan fingerprint density at radius 1 is 1.50 bits per heavy atom. The molecule has 0 aliphatic carbocycles. The predicted molar refractivity (Wildman–Crippen MR) is 74.7 cm³/mol. The minimum absolute atomic E-state index is 0.133. The van der Waals surface area contributed by atoms with E-state index in [0.717, 1.165) is 31.5 Å². The molecule has 0 saturated carbocycles. The Balaban J connectivity index is 1.90. The second-order valence-corrected chi connectivity index (χ2v) is 5.60. The Bertz CT molecular complexity index is 513. The summed E-state index contributed by atoms with van der Waals surface area (Å²) in [6, 6.07) is 2.08. The van der Waals surface area contributed by atoms with Gasteiger partial charge in [-0.05, 0) is 48.4 Å². The van der Waals surface area contributed by atoms with Crippen molar-refractivity contribution in [3.63, 3.8) is 0 Å².